The van der Waals surface area contributed by atoms with Crippen molar-refractivity contribution in [1.29, 1.82) is 0 Å². The number of ether oxygens (including phenoxy) is 1. The van der Waals surface area contributed by atoms with Gasteiger partial charge in [-0.15, -0.1) is 17.1 Å². The maximum absolute atomic E-state index is 12.4. The Bertz CT molecular complexity index is 1040. The van der Waals surface area contributed by atoms with Gasteiger partial charge in [-0.3, -0.25) is 4.52 Å². The Labute approximate surface area is 150 Å². The number of halogens is 3. The summed E-state index contributed by atoms with van der Waals surface area (Å²) in [6.45, 7) is 1.42. The Morgan fingerprint density at radius 3 is 2.63 bits per heavy atom. The highest BCUT2D eigenvalue weighted by atomic mass is 32.2. The molecular formula is C13H9F3N4O6S. The summed E-state index contributed by atoms with van der Waals surface area (Å²) in [7, 11) is 0. The highest BCUT2D eigenvalue weighted by Gasteiger charge is 2.31. The van der Waals surface area contributed by atoms with Crippen molar-refractivity contribution in [3.05, 3.63) is 40.6 Å². The van der Waals surface area contributed by atoms with E-state index in [-0.39, 0.29) is 28.7 Å². The molecule has 0 radical (unpaired) electrons. The van der Waals surface area contributed by atoms with E-state index in [9.17, 15) is 22.2 Å². The molecule has 0 aliphatic rings. The number of anilines is 1. The van der Waals surface area contributed by atoms with E-state index in [0.717, 1.165) is 12.1 Å². The molecule has 27 heavy (non-hydrogen) atoms. The highest BCUT2D eigenvalue weighted by molar-refractivity contribution is 7.79. The second-order valence-electron chi connectivity index (χ2n) is 4.90. The zero-order valence-electron chi connectivity index (χ0n) is 13.2. The molecule has 1 aromatic carbocycles. The molecule has 10 nitrogen and oxygen atoms in total. The maximum Gasteiger partial charge on any atom is 0.573 e. The van der Waals surface area contributed by atoms with Crippen molar-refractivity contribution < 1.29 is 35.3 Å². The van der Waals surface area contributed by atoms with Gasteiger partial charge in [0.1, 0.15) is 5.75 Å². The zero-order valence-corrected chi connectivity index (χ0v) is 14.0. The SMILES string of the molecule is Cc1onc(N)c1OS(=O)n1c(-c2cccc(OC(F)(F)F)c2)noc1=O. The first-order valence-corrected chi connectivity index (χ1v) is 7.96. The summed E-state index contributed by atoms with van der Waals surface area (Å²) in [5, 5.41) is 6.81. The average molecular weight is 406 g/mol. The Morgan fingerprint density at radius 2 is 2.00 bits per heavy atom. The molecule has 2 aromatic heterocycles. The molecule has 0 saturated carbocycles. The van der Waals surface area contributed by atoms with E-state index in [1.807, 2.05) is 0 Å². The van der Waals surface area contributed by atoms with Crippen LogP contribution in [0.4, 0.5) is 19.0 Å². The fourth-order valence-corrected chi connectivity index (χ4v) is 2.82. The van der Waals surface area contributed by atoms with Crippen molar-refractivity contribution in [3.8, 4) is 22.9 Å². The van der Waals surface area contributed by atoms with Crippen LogP contribution in [0.3, 0.4) is 0 Å². The van der Waals surface area contributed by atoms with Crippen LogP contribution in [-0.2, 0) is 11.3 Å². The van der Waals surface area contributed by atoms with Crippen LogP contribution in [0.25, 0.3) is 11.4 Å². The molecule has 2 N–H and O–H groups in total. The summed E-state index contributed by atoms with van der Waals surface area (Å²) in [4.78, 5) is 11.8. The number of nitrogen functional groups attached to an aromatic ring is 1. The number of benzene rings is 1. The molecule has 0 amide bonds. The van der Waals surface area contributed by atoms with Gasteiger partial charge in [0.05, 0.1) is 0 Å². The van der Waals surface area contributed by atoms with Gasteiger partial charge >= 0.3 is 23.4 Å². The second kappa shape index (κ2) is 6.79. The highest BCUT2D eigenvalue weighted by Crippen LogP contribution is 2.29. The third kappa shape index (κ3) is 3.94. The van der Waals surface area contributed by atoms with Crippen LogP contribution in [0.1, 0.15) is 5.76 Å². The summed E-state index contributed by atoms with van der Waals surface area (Å²) in [6, 6.07) is 4.48. The molecule has 0 spiro atoms. The summed E-state index contributed by atoms with van der Waals surface area (Å²) in [5.74, 6) is -2.42. The number of alkyl halides is 3. The third-order valence-electron chi connectivity index (χ3n) is 3.03. The molecule has 3 rings (SSSR count). The van der Waals surface area contributed by atoms with Gasteiger partial charge in [-0.1, -0.05) is 22.4 Å². The first-order valence-electron chi connectivity index (χ1n) is 6.93. The monoisotopic (exact) mass is 406 g/mol. The van der Waals surface area contributed by atoms with E-state index in [4.69, 9.17) is 14.4 Å². The van der Waals surface area contributed by atoms with Gasteiger partial charge in [0.15, 0.2) is 5.76 Å². The lowest BCUT2D eigenvalue weighted by Gasteiger charge is -2.10. The number of rotatable bonds is 5. The minimum absolute atomic E-state index is 0.0467. The van der Waals surface area contributed by atoms with Crippen molar-refractivity contribution >= 4 is 17.1 Å². The number of aryl methyl sites for hydroxylation is 1. The number of aromatic nitrogens is 3. The number of hydrogen-bond acceptors (Lipinski definition) is 9. The Morgan fingerprint density at radius 1 is 1.26 bits per heavy atom. The lowest BCUT2D eigenvalue weighted by Crippen LogP contribution is -2.23. The first-order chi connectivity index (χ1) is 12.7. The van der Waals surface area contributed by atoms with Gasteiger partial charge in [-0.05, 0) is 12.1 Å². The molecule has 2 heterocycles. The van der Waals surface area contributed by atoms with Crippen molar-refractivity contribution in [2.24, 2.45) is 0 Å². The van der Waals surface area contributed by atoms with E-state index in [2.05, 4.69) is 19.6 Å². The minimum Gasteiger partial charge on any atom is -0.406 e. The lowest BCUT2D eigenvalue weighted by atomic mass is 10.2. The summed E-state index contributed by atoms with van der Waals surface area (Å²) in [6.07, 6.45) is -4.92. The van der Waals surface area contributed by atoms with Crippen LogP contribution in [0.2, 0.25) is 0 Å². The van der Waals surface area contributed by atoms with E-state index in [0.29, 0.717) is 3.97 Å². The van der Waals surface area contributed by atoms with Crippen LogP contribution in [0, 0.1) is 6.92 Å². The van der Waals surface area contributed by atoms with Gasteiger partial charge in [-0.25, -0.2) is 4.79 Å². The van der Waals surface area contributed by atoms with E-state index < -0.39 is 29.1 Å². The van der Waals surface area contributed by atoms with Crippen molar-refractivity contribution in [1.82, 2.24) is 14.3 Å². The second-order valence-corrected chi connectivity index (χ2v) is 5.86. The standard InChI is InChI=1S/C13H9F3N4O6S/c1-6-9(10(17)18-24-6)26-27(22)20-11(19-25-12(20)21)7-3-2-4-8(5-7)23-13(14,15)16/h2-5H,1H3,(H2,17,18). The minimum atomic E-state index is -4.92. The fourth-order valence-electron chi connectivity index (χ4n) is 1.97. The molecule has 0 bridgehead atoms. The maximum atomic E-state index is 12.4. The number of nitrogens with two attached hydrogens (primary N) is 1. The zero-order chi connectivity index (χ0) is 19.8. The molecule has 144 valence electrons. The molecule has 1 unspecified atom stereocenters. The first kappa shape index (κ1) is 18.5. The van der Waals surface area contributed by atoms with Crippen LogP contribution >= 0.6 is 0 Å². The molecule has 0 saturated heterocycles. The lowest BCUT2D eigenvalue weighted by molar-refractivity contribution is -0.274. The quantitative estimate of drug-likeness (QED) is 0.672. The summed E-state index contributed by atoms with van der Waals surface area (Å²) >= 11 is -2.55. The van der Waals surface area contributed by atoms with Crippen LogP contribution in [0.15, 0.2) is 38.1 Å². The van der Waals surface area contributed by atoms with Gasteiger partial charge < -0.3 is 19.2 Å². The van der Waals surface area contributed by atoms with Gasteiger partial charge in [0, 0.05) is 12.5 Å². The van der Waals surface area contributed by atoms with E-state index in [1.54, 1.807) is 0 Å². The fraction of sp³-hybridized carbons (Fsp3) is 0.154. The van der Waals surface area contributed by atoms with Crippen molar-refractivity contribution in [2.45, 2.75) is 13.3 Å². The largest absolute Gasteiger partial charge is 0.573 e. The van der Waals surface area contributed by atoms with Crippen molar-refractivity contribution in [2.75, 3.05) is 5.73 Å². The molecule has 0 aliphatic carbocycles. The number of nitrogens with zero attached hydrogens (tertiary/aromatic N) is 3. The van der Waals surface area contributed by atoms with Gasteiger partial charge in [0.25, 0.3) is 0 Å². The Hall–Kier alpha value is -3.29. The normalized spacial score (nSPS) is 12.7. The third-order valence-corrected chi connectivity index (χ3v) is 3.96. The van der Waals surface area contributed by atoms with Crippen LogP contribution in [-0.4, -0.2) is 24.9 Å². The Balaban J connectivity index is 1.97. The number of hydrogen-bond donors (Lipinski definition) is 1. The van der Waals surface area contributed by atoms with E-state index in [1.165, 1.54) is 19.1 Å². The molecule has 14 heteroatoms. The molecule has 3 aromatic rings. The molecule has 0 aliphatic heterocycles. The topological polar surface area (TPSA) is 136 Å². The summed E-state index contributed by atoms with van der Waals surface area (Å²) < 4.78 is 68.0. The predicted molar refractivity (Wildman–Crippen MR) is 82.7 cm³/mol. The Kier molecular flexibility index (Phi) is 4.65. The van der Waals surface area contributed by atoms with Crippen molar-refractivity contribution in [3.63, 3.8) is 0 Å². The van der Waals surface area contributed by atoms with E-state index >= 15 is 0 Å². The smallest absolute Gasteiger partial charge is 0.406 e. The van der Waals surface area contributed by atoms with Gasteiger partial charge in [0.2, 0.25) is 17.4 Å². The van der Waals surface area contributed by atoms with Crippen LogP contribution in [0.5, 0.6) is 11.5 Å². The summed E-state index contributed by atoms with van der Waals surface area (Å²) in [5.41, 5.74) is 5.45. The van der Waals surface area contributed by atoms with Gasteiger partial charge in [-0.2, -0.15) is 4.21 Å². The molecule has 0 fully saturated rings. The van der Waals surface area contributed by atoms with Crippen LogP contribution < -0.4 is 20.4 Å². The molecule has 1 atom stereocenters. The molecular weight excluding hydrogens is 397 g/mol. The predicted octanol–water partition coefficient (Wildman–Crippen LogP) is 1.79. The average Bonchev–Trinajstić information content (AvgIpc) is 3.11.